The fourth-order valence-corrected chi connectivity index (χ4v) is 1.10. The molecule has 0 heterocycles. The van der Waals surface area contributed by atoms with Crippen LogP contribution >= 0.6 is 0 Å². The van der Waals surface area contributed by atoms with Crippen molar-refractivity contribution in [2.75, 3.05) is 0 Å². The summed E-state index contributed by atoms with van der Waals surface area (Å²) in [6, 6.07) is 7.03. The Balaban J connectivity index is 0.000000583. The maximum Gasteiger partial charge on any atom is 0.335 e. The van der Waals surface area contributed by atoms with E-state index >= 15 is 0 Å². The normalized spacial score (nSPS) is 9.00. The summed E-state index contributed by atoms with van der Waals surface area (Å²) in [6.45, 7) is 6.35. The summed E-state index contributed by atoms with van der Waals surface area (Å²) in [5.41, 5.74) is 1.55. The first-order valence-corrected chi connectivity index (χ1v) is 5.47. The molecule has 0 amide bonds. The third-order valence-electron chi connectivity index (χ3n) is 1.74. The van der Waals surface area contributed by atoms with Gasteiger partial charge in [0.25, 0.3) is 0 Å². The summed E-state index contributed by atoms with van der Waals surface area (Å²) in [5, 5.41) is 8.61. The predicted molar refractivity (Wildman–Crippen MR) is 63.4 cm³/mol. The molecular weight excluding hydrogens is 188 g/mol. The van der Waals surface area contributed by atoms with Gasteiger partial charge >= 0.3 is 5.97 Å². The molecule has 15 heavy (non-hydrogen) atoms. The molecule has 0 aliphatic heterocycles. The highest BCUT2D eigenvalue weighted by molar-refractivity contribution is 5.87. The molecule has 1 rings (SSSR count). The highest BCUT2D eigenvalue weighted by atomic mass is 16.4. The molecule has 0 radical (unpaired) electrons. The van der Waals surface area contributed by atoms with Gasteiger partial charge in [-0.3, -0.25) is 0 Å². The molecule has 84 valence electrons. The van der Waals surface area contributed by atoms with Gasteiger partial charge in [-0.25, -0.2) is 4.79 Å². The number of benzene rings is 1. The van der Waals surface area contributed by atoms with Gasteiger partial charge in [0, 0.05) is 0 Å². The van der Waals surface area contributed by atoms with E-state index in [1.807, 2.05) is 12.1 Å². The Kier molecular flexibility index (Phi) is 7.33. The van der Waals surface area contributed by atoms with Gasteiger partial charge < -0.3 is 5.11 Å². The van der Waals surface area contributed by atoms with Crippen molar-refractivity contribution in [1.82, 2.24) is 0 Å². The van der Waals surface area contributed by atoms with Gasteiger partial charge in [0.05, 0.1) is 5.56 Å². The second kappa shape index (κ2) is 8.04. The number of hydrogen-bond donors (Lipinski definition) is 1. The molecular formula is C13H20O2. The molecule has 0 spiro atoms. The van der Waals surface area contributed by atoms with Crippen molar-refractivity contribution in [3.05, 3.63) is 35.4 Å². The lowest BCUT2D eigenvalue weighted by atomic mass is 10.1. The van der Waals surface area contributed by atoms with Crippen molar-refractivity contribution in [3.63, 3.8) is 0 Å². The number of rotatable bonds is 3. The molecule has 1 aromatic carbocycles. The maximum atomic E-state index is 10.5. The standard InChI is InChI=1S/C10H12O2.C3H8/c1-2-3-8-4-6-9(7-5-8)10(11)12;1-3-2/h4-7H,2-3H2,1H3,(H,11,12);3H2,1-2H3. The van der Waals surface area contributed by atoms with Crippen LogP contribution < -0.4 is 0 Å². The van der Waals surface area contributed by atoms with E-state index < -0.39 is 5.97 Å². The summed E-state index contributed by atoms with van der Waals surface area (Å²) in [6.07, 6.45) is 3.35. The van der Waals surface area contributed by atoms with Crippen LogP contribution in [-0.2, 0) is 6.42 Å². The number of carbonyl (C=O) groups is 1. The van der Waals surface area contributed by atoms with E-state index in [0.29, 0.717) is 5.56 Å². The number of carboxylic acid groups (broad SMARTS) is 1. The first kappa shape index (κ1) is 13.7. The number of carboxylic acids is 1. The molecule has 0 unspecified atom stereocenters. The summed E-state index contributed by atoms with van der Waals surface area (Å²) in [4.78, 5) is 10.5. The maximum absolute atomic E-state index is 10.5. The summed E-state index contributed by atoms with van der Waals surface area (Å²) in [5.74, 6) is -0.863. The molecule has 2 heteroatoms. The van der Waals surface area contributed by atoms with Crippen LogP contribution in [0, 0.1) is 0 Å². The molecule has 0 aliphatic rings. The van der Waals surface area contributed by atoms with Crippen molar-refractivity contribution in [2.45, 2.75) is 40.0 Å². The van der Waals surface area contributed by atoms with E-state index in [-0.39, 0.29) is 0 Å². The second-order valence-electron chi connectivity index (χ2n) is 3.46. The van der Waals surface area contributed by atoms with E-state index in [9.17, 15) is 4.79 Å². The van der Waals surface area contributed by atoms with E-state index in [1.165, 1.54) is 12.0 Å². The van der Waals surface area contributed by atoms with Crippen LogP contribution in [0.15, 0.2) is 24.3 Å². The summed E-state index contributed by atoms with van der Waals surface area (Å²) in [7, 11) is 0. The molecule has 1 aromatic rings. The highest BCUT2D eigenvalue weighted by Crippen LogP contribution is 2.06. The van der Waals surface area contributed by atoms with E-state index in [1.54, 1.807) is 12.1 Å². The van der Waals surface area contributed by atoms with Gasteiger partial charge in [-0.05, 0) is 24.1 Å². The summed E-state index contributed by atoms with van der Waals surface area (Å²) < 4.78 is 0. The molecule has 2 nitrogen and oxygen atoms in total. The lowest BCUT2D eigenvalue weighted by Crippen LogP contribution is -1.95. The molecule has 0 saturated heterocycles. The largest absolute Gasteiger partial charge is 0.478 e. The zero-order valence-electron chi connectivity index (χ0n) is 9.79. The molecule has 0 bridgehead atoms. The third kappa shape index (κ3) is 5.89. The lowest BCUT2D eigenvalue weighted by Gasteiger charge is -1.98. The van der Waals surface area contributed by atoms with Crippen LogP contribution in [0.4, 0.5) is 0 Å². The Morgan fingerprint density at radius 1 is 1.13 bits per heavy atom. The predicted octanol–water partition coefficient (Wildman–Crippen LogP) is 3.75. The molecule has 0 atom stereocenters. The average Bonchev–Trinajstić information content (AvgIpc) is 2.20. The zero-order valence-corrected chi connectivity index (χ0v) is 9.79. The Labute approximate surface area is 91.9 Å². The van der Waals surface area contributed by atoms with Crippen LogP contribution in [-0.4, -0.2) is 11.1 Å². The lowest BCUT2D eigenvalue weighted by molar-refractivity contribution is 0.0697. The van der Waals surface area contributed by atoms with E-state index in [0.717, 1.165) is 12.8 Å². The van der Waals surface area contributed by atoms with Crippen molar-refractivity contribution in [1.29, 1.82) is 0 Å². The van der Waals surface area contributed by atoms with Crippen LogP contribution in [0.25, 0.3) is 0 Å². The molecule has 0 aromatic heterocycles. The minimum absolute atomic E-state index is 0.356. The number of hydrogen-bond acceptors (Lipinski definition) is 1. The fourth-order valence-electron chi connectivity index (χ4n) is 1.10. The third-order valence-corrected chi connectivity index (χ3v) is 1.74. The van der Waals surface area contributed by atoms with Crippen LogP contribution in [0.2, 0.25) is 0 Å². The Morgan fingerprint density at radius 3 is 1.93 bits per heavy atom. The number of aromatic carboxylic acids is 1. The van der Waals surface area contributed by atoms with Gasteiger partial charge in [-0.1, -0.05) is 45.7 Å². The Hall–Kier alpha value is -1.31. The van der Waals surface area contributed by atoms with Crippen LogP contribution in [0.1, 0.15) is 49.5 Å². The molecule has 0 fully saturated rings. The Morgan fingerprint density at radius 2 is 1.60 bits per heavy atom. The quantitative estimate of drug-likeness (QED) is 0.821. The van der Waals surface area contributed by atoms with Crippen LogP contribution in [0.5, 0.6) is 0 Å². The zero-order chi connectivity index (χ0) is 11.7. The van der Waals surface area contributed by atoms with Gasteiger partial charge in [-0.2, -0.15) is 0 Å². The monoisotopic (exact) mass is 208 g/mol. The fraction of sp³-hybridized carbons (Fsp3) is 0.462. The first-order valence-electron chi connectivity index (χ1n) is 5.47. The Bertz CT molecular complexity index is 275. The molecule has 0 aliphatic carbocycles. The van der Waals surface area contributed by atoms with Crippen molar-refractivity contribution < 1.29 is 9.90 Å². The molecule has 1 N–H and O–H groups in total. The van der Waals surface area contributed by atoms with Gasteiger partial charge in [0.1, 0.15) is 0 Å². The van der Waals surface area contributed by atoms with E-state index in [2.05, 4.69) is 20.8 Å². The first-order chi connectivity index (χ1) is 7.15. The van der Waals surface area contributed by atoms with Gasteiger partial charge in [0.15, 0.2) is 0 Å². The van der Waals surface area contributed by atoms with Gasteiger partial charge in [0.2, 0.25) is 0 Å². The minimum atomic E-state index is -0.863. The summed E-state index contributed by atoms with van der Waals surface area (Å²) >= 11 is 0. The minimum Gasteiger partial charge on any atom is -0.478 e. The van der Waals surface area contributed by atoms with Gasteiger partial charge in [-0.15, -0.1) is 0 Å². The SMILES string of the molecule is CCC.CCCc1ccc(C(=O)O)cc1. The topological polar surface area (TPSA) is 37.3 Å². The van der Waals surface area contributed by atoms with Crippen molar-refractivity contribution in [2.24, 2.45) is 0 Å². The number of aryl methyl sites for hydroxylation is 1. The second-order valence-corrected chi connectivity index (χ2v) is 3.46. The highest BCUT2D eigenvalue weighted by Gasteiger charge is 2.00. The van der Waals surface area contributed by atoms with Crippen molar-refractivity contribution in [3.8, 4) is 0 Å². The van der Waals surface area contributed by atoms with Crippen LogP contribution in [0.3, 0.4) is 0 Å². The average molecular weight is 208 g/mol. The van der Waals surface area contributed by atoms with Crippen molar-refractivity contribution >= 4 is 5.97 Å². The smallest absolute Gasteiger partial charge is 0.335 e. The van der Waals surface area contributed by atoms with E-state index in [4.69, 9.17) is 5.11 Å². The molecule has 0 saturated carbocycles.